The molecule has 0 fully saturated rings. The number of esters is 1. The fourth-order valence-corrected chi connectivity index (χ4v) is 1.20. The largest absolute Gasteiger partial charge is 0.465 e. The zero-order valence-electron chi connectivity index (χ0n) is 12.8. The summed E-state index contributed by atoms with van der Waals surface area (Å²) in [5.74, 6) is -22.2. The fraction of sp³-hybridized carbons (Fsp3) is 0.700. The third-order valence-corrected chi connectivity index (χ3v) is 2.51. The second-order valence-corrected chi connectivity index (χ2v) is 4.49. The second-order valence-electron chi connectivity index (χ2n) is 4.49. The van der Waals surface area contributed by atoms with Gasteiger partial charge in [0, 0.05) is 0 Å². The van der Waals surface area contributed by atoms with Crippen molar-refractivity contribution in [3.63, 3.8) is 0 Å². The molecule has 4 nitrogen and oxygen atoms in total. The molecule has 19 heteroatoms. The molecule has 2 unspecified atom stereocenters. The van der Waals surface area contributed by atoms with Crippen LogP contribution in [0.25, 0.3) is 0 Å². The van der Waals surface area contributed by atoms with E-state index in [0.29, 0.717) is 0 Å². The molecule has 0 aliphatic heterocycles. The number of carbonyl (C=O) groups excluding carboxylic acids is 1. The van der Waals surface area contributed by atoms with Crippen LogP contribution < -0.4 is 0 Å². The zero-order chi connectivity index (χ0) is 23.9. The van der Waals surface area contributed by atoms with Crippen LogP contribution in [0.15, 0.2) is 11.9 Å². The minimum atomic E-state index is -7.62. The number of carbonyl (C=O) groups is 1. The van der Waals surface area contributed by atoms with E-state index in [9.17, 15) is 70.7 Å². The zero-order valence-corrected chi connectivity index (χ0v) is 12.8. The monoisotopic (exact) mass is 472 g/mol. The average molecular weight is 472 g/mol. The Bertz CT molecular complexity index is 648. The Morgan fingerprint density at radius 1 is 0.690 bits per heavy atom. The van der Waals surface area contributed by atoms with E-state index >= 15 is 0 Å². The number of methoxy groups -OCH3 is 1. The van der Waals surface area contributed by atoms with Gasteiger partial charge in [-0.2, -0.15) is 65.9 Å². The summed E-state index contributed by atoms with van der Waals surface area (Å²) < 4.78 is 197. The number of alkyl halides is 12. The van der Waals surface area contributed by atoms with Crippen molar-refractivity contribution in [2.45, 2.75) is 36.3 Å². The van der Waals surface area contributed by atoms with Crippen molar-refractivity contribution in [3.05, 3.63) is 11.9 Å². The lowest BCUT2D eigenvalue weighted by Crippen LogP contribution is -2.65. The van der Waals surface area contributed by atoms with Crippen LogP contribution in [0.2, 0.25) is 0 Å². The smallest absolute Gasteiger partial charge is 0.460 e. The first-order chi connectivity index (χ1) is 12.5. The highest BCUT2D eigenvalue weighted by molar-refractivity contribution is 5.78. The Morgan fingerprint density at radius 2 is 1.10 bits per heavy atom. The topological polar surface area (TPSA) is 44.8 Å². The van der Waals surface area contributed by atoms with Crippen LogP contribution >= 0.6 is 0 Å². The molecular formula is C10H3F15O4. The van der Waals surface area contributed by atoms with Crippen LogP contribution in [0.5, 0.6) is 0 Å². The quantitative estimate of drug-likeness (QED) is 0.391. The molecule has 29 heavy (non-hydrogen) atoms. The molecule has 0 aromatic heterocycles. The van der Waals surface area contributed by atoms with Crippen molar-refractivity contribution >= 4 is 5.97 Å². The fourth-order valence-electron chi connectivity index (χ4n) is 1.20. The number of halogens is 15. The normalized spacial score (nSPS) is 17.9. The number of ether oxygens (including phenoxy) is 3. The van der Waals surface area contributed by atoms with Crippen LogP contribution in [0.1, 0.15) is 0 Å². The molecule has 2 atom stereocenters. The summed E-state index contributed by atoms with van der Waals surface area (Å²) in [7, 11) is -0.148. The van der Waals surface area contributed by atoms with Crippen molar-refractivity contribution < 1.29 is 84.9 Å². The summed E-state index contributed by atoms with van der Waals surface area (Å²) in [6.07, 6.45) is -33.3. The molecule has 0 spiro atoms. The van der Waals surface area contributed by atoms with Gasteiger partial charge >= 0.3 is 48.3 Å². The Kier molecular flexibility index (Phi) is 7.21. The highest BCUT2D eigenvalue weighted by Crippen LogP contribution is 2.53. The maximum absolute atomic E-state index is 13.7. The maximum Gasteiger partial charge on any atom is 0.460 e. The van der Waals surface area contributed by atoms with E-state index < -0.39 is 54.2 Å². The van der Waals surface area contributed by atoms with Crippen LogP contribution in [0.4, 0.5) is 65.9 Å². The van der Waals surface area contributed by atoms with Gasteiger partial charge in [0.25, 0.3) is 5.83 Å². The molecule has 0 aromatic carbocycles. The van der Waals surface area contributed by atoms with Gasteiger partial charge in [-0.05, 0) is 0 Å². The van der Waals surface area contributed by atoms with Gasteiger partial charge in [-0.25, -0.2) is 4.79 Å². The molecule has 0 amide bonds. The van der Waals surface area contributed by atoms with Crippen molar-refractivity contribution in [2.75, 3.05) is 7.11 Å². The van der Waals surface area contributed by atoms with Gasteiger partial charge in [0.2, 0.25) is 0 Å². The predicted molar refractivity (Wildman–Crippen MR) is 54.2 cm³/mol. The molecule has 0 aliphatic carbocycles. The number of hydrogen-bond acceptors (Lipinski definition) is 4. The second kappa shape index (κ2) is 7.73. The molecule has 0 N–H and O–H groups in total. The van der Waals surface area contributed by atoms with E-state index in [-0.39, 0.29) is 7.11 Å². The van der Waals surface area contributed by atoms with Crippen molar-refractivity contribution in [3.8, 4) is 0 Å². The highest BCUT2D eigenvalue weighted by Gasteiger charge is 2.82. The van der Waals surface area contributed by atoms with Crippen LogP contribution in [-0.2, 0) is 19.0 Å². The van der Waals surface area contributed by atoms with Crippen molar-refractivity contribution in [2.24, 2.45) is 0 Å². The summed E-state index contributed by atoms with van der Waals surface area (Å²) in [6, 6.07) is 0. The maximum atomic E-state index is 13.7. The summed E-state index contributed by atoms with van der Waals surface area (Å²) in [5, 5.41) is 0. The first kappa shape index (κ1) is 27.1. The van der Waals surface area contributed by atoms with Crippen LogP contribution in [0.3, 0.4) is 0 Å². The van der Waals surface area contributed by atoms with E-state index in [1.165, 1.54) is 0 Å². The Labute approximate surface area is 147 Å². The molecule has 0 radical (unpaired) electrons. The molecule has 172 valence electrons. The molecule has 0 saturated carbocycles. The molecule has 0 saturated heterocycles. The minimum Gasteiger partial charge on any atom is -0.465 e. The lowest BCUT2D eigenvalue weighted by Gasteiger charge is -2.38. The van der Waals surface area contributed by atoms with Gasteiger partial charge in [-0.3, -0.25) is 9.47 Å². The summed E-state index contributed by atoms with van der Waals surface area (Å²) in [6.45, 7) is 0. The minimum absolute atomic E-state index is 0.148. The molecular weight excluding hydrogens is 469 g/mol. The summed E-state index contributed by atoms with van der Waals surface area (Å²) in [4.78, 5) is 10.7. The first-order valence-corrected chi connectivity index (χ1v) is 5.97. The SMILES string of the molecule is COC(=O)C(F)(OC(F)(F)C(F)(OC(F)(F)C(F)=C(F)F)C(F)(F)F)C(F)(F)F. The van der Waals surface area contributed by atoms with Gasteiger partial charge in [-0.1, -0.05) is 0 Å². The lowest BCUT2D eigenvalue weighted by atomic mass is 10.2. The molecule has 0 aliphatic rings. The van der Waals surface area contributed by atoms with Crippen molar-refractivity contribution in [1.29, 1.82) is 0 Å². The highest BCUT2D eigenvalue weighted by atomic mass is 19.4. The van der Waals surface area contributed by atoms with E-state index in [2.05, 4.69) is 4.74 Å². The lowest BCUT2D eigenvalue weighted by molar-refractivity contribution is -0.522. The summed E-state index contributed by atoms with van der Waals surface area (Å²) in [5.41, 5.74) is 0. The average Bonchev–Trinajstić information content (AvgIpc) is 2.49. The van der Waals surface area contributed by atoms with E-state index in [4.69, 9.17) is 0 Å². The molecule has 0 aromatic rings. The van der Waals surface area contributed by atoms with E-state index in [1.807, 2.05) is 4.74 Å². The standard InChI is InChI=1S/C10H3F15O4/c1-27-4(26)5(14,8(18,19)20)28-10(24,25)7(17,9(21,22)23)29-6(15,16)2(11)3(12)13/h1H3. The Morgan fingerprint density at radius 3 is 1.38 bits per heavy atom. The Hall–Kier alpha value is -1.92. The van der Waals surface area contributed by atoms with Crippen LogP contribution in [0, 0.1) is 0 Å². The molecule has 0 bridgehead atoms. The molecule has 0 heterocycles. The van der Waals surface area contributed by atoms with E-state index in [1.54, 1.807) is 4.74 Å². The van der Waals surface area contributed by atoms with Gasteiger partial charge < -0.3 is 4.74 Å². The van der Waals surface area contributed by atoms with E-state index in [0.717, 1.165) is 0 Å². The summed E-state index contributed by atoms with van der Waals surface area (Å²) >= 11 is 0. The number of rotatable bonds is 7. The van der Waals surface area contributed by atoms with Gasteiger partial charge in [0.1, 0.15) is 0 Å². The van der Waals surface area contributed by atoms with Gasteiger partial charge in [0.05, 0.1) is 7.11 Å². The van der Waals surface area contributed by atoms with Crippen LogP contribution in [-0.4, -0.2) is 49.4 Å². The number of hydrogen-bond donors (Lipinski definition) is 0. The molecule has 0 rings (SSSR count). The third kappa shape index (κ3) is 4.98. The third-order valence-electron chi connectivity index (χ3n) is 2.51. The van der Waals surface area contributed by atoms with Gasteiger partial charge in [-0.15, -0.1) is 0 Å². The first-order valence-electron chi connectivity index (χ1n) is 5.97. The Balaban J connectivity index is 6.57. The van der Waals surface area contributed by atoms with Gasteiger partial charge in [0.15, 0.2) is 0 Å². The van der Waals surface area contributed by atoms with Crippen molar-refractivity contribution in [1.82, 2.24) is 0 Å². The predicted octanol–water partition coefficient (Wildman–Crippen LogP) is 4.91.